The lowest BCUT2D eigenvalue weighted by Crippen LogP contribution is -2.35. The van der Waals surface area contributed by atoms with Crippen molar-refractivity contribution in [2.75, 3.05) is 7.05 Å². The summed E-state index contributed by atoms with van der Waals surface area (Å²) in [6, 6.07) is 0.671. The number of rotatable bonds is 6. The summed E-state index contributed by atoms with van der Waals surface area (Å²) in [4.78, 5) is 0. The number of hydrogen-bond acceptors (Lipinski definition) is 1. The number of hydrogen-bond donors (Lipinski definition) is 1. The van der Waals surface area contributed by atoms with E-state index in [0.29, 0.717) is 6.04 Å². The van der Waals surface area contributed by atoms with Gasteiger partial charge in [0.2, 0.25) is 0 Å². The molecule has 0 amide bonds. The van der Waals surface area contributed by atoms with Crippen molar-refractivity contribution in [3.05, 3.63) is 12.7 Å². The van der Waals surface area contributed by atoms with Gasteiger partial charge in [-0.2, -0.15) is 0 Å². The average molecular weight is 209 g/mol. The molecular weight excluding hydrogens is 182 g/mol. The maximum atomic E-state index is 3.85. The summed E-state index contributed by atoms with van der Waals surface area (Å²) >= 11 is 0. The molecule has 1 heteroatoms. The van der Waals surface area contributed by atoms with Gasteiger partial charge in [-0.3, -0.25) is 0 Å². The fraction of sp³-hybridized carbons (Fsp3) is 0.857. The molecular formula is C14H27N. The Bertz CT molecular complexity index is 168. The Kier molecular flexibility index (Phi) is 6.00. The quantitative estimate of drug-likeness (QED) is 0.657. The van der Waals surface area contributed by atoms with E-state index in [0.717, 1.165) is 18.3 Å². The highest BCUT2D eigenvalue weighted by Crippen LogP contribution is 2.33. The summed E-state index contributed by atoms with van der Waals surface area (Å²) in [7, 11) is 2.09. The molecule has 1 aliphatic carbocycles. The second kappa shape index (κ2) is 7.05. The molecule has 0 aromatic rings. The van der Waals surface area contributed by atoms with Crippen molar-refractivity contribution < 1.29 is 0 Å². The van der Waals surface area contributed by atoms with Crippen LogP contribution in [0.15, 0.2) is 12.7 Å². The second-order valence-corrected chi connectivity index (χ2v) is 4.99. The molecule has 15 heavy (non-hydrogen) atoms. The molecule has 1 N–H and O–H groups in total. The van der Waals surface area contributed by atoms with Crippen molar-refractivity contribution in [2.24, 2.45) is 11.8 Å². The molecule has 1 rings (SSSR count). The van der Waals surface area contributed by atoms with Crippen LogP contribution in [-0.2, 0) is 0 Å². The van der Waals surface area contributed by atoms with Crippen molar-refractivity contribution in [1.82, 2.24) is 5.32 Å². The molecule has 0 aromatic carbocycles. The van der Waals surface area contributed by atoms with Crippen LogP contribution in [0, 0.1) is 11.8 Å². The smallest absolute Gasteiger partial charge is 0.0127 e. The van der Waals surface area contributed by atoms with Crippen molar-refractivity contribution >= 4 is 0 Å². The Morgan fingerprint density at radius 1 is 1.33 bits per heavy atom. The van der Waals surface area contributed by atoms with Crippen molar-refractivity contribution in [1.29, 1.82) is 0 Å². The molecule has 1 fully saturated rings. The van der Waals surface area contributed by atoms with Gasteiger partial charge in [-0.05, 0) is 38.1 Å². The van der Waals surface area contributed by atoms with Gasteiger partial charge < -0.3 is 5.32 Å². The van der Waals surface area contributed by atoms with Gasteiger partial charge in [0, 0.05) is 6.04 Å². The molecule has 0 spiro atoms. The molecule has 0 aromatic heterocycles. The predicted octanol–water partition coefficient (Wildman–Crippen LogP) is 3.76. The standard InChI is InChI=1S/C14H27N/c1-4-6-12-8-10-13(11-9-12)14(15-3)7-5-2/h5,12-15H,2,4,6-11H2,1,3H3. The molecule has 1 atom stereocenters. The van der Waals surface area contributed by atoms with Crippen LogP contribution in [0.4, 0.5) is 0 Å². The highest BCUT2D eigenvalue weighted by molar-refractivity contribution is 4.85. The van der Waals surface area contributed by atoms with Gasteiger partial charge in [-0.1, -0.05) is 38.7 Å². The van der Waals surface area contributed by atoms with Gasteiger partial charge >= 0.3 is 0 Å². The molecule has 0 heterocycles. The van der Waals surface area contributed by atoms with Crippen LogP contribution in [0.1, 0.15) is 51.9 Å². The van der Waals surface area contributed by atoms with E-state index < -0.39 is 0 Å². The van der Waals surface area contributed by atoms with Crippen molar-refractivity contribution in [3.8, 4) is 0 Å². The Morgan fingerprint density at radius 2 is 2.00 bits per heavy atom. The lowest BCUT2D eigenvalue weighted by atomic mass is 9.76. The minimum Gasteiger partial charge on any atom is -0.316 e. The molecule has 1 nitrogen and oxygen atoms in total. The maximum absolute atomic E-state index is 3.85. The van der Waals surface area contributed by atoms with E-state index in [1.165, 1.54) is 38.5 Å². The van der Waals surface area contributed by atoms with Crippen LogP contribution in [0.2, 0.25) is 0 Å². The largest absolute Gasteiger partial charge is 0.316 e. The van der Waals surface area contributed by atoms with Gasteiger partial charge in [0.05, 0.1) is 0 Å². The van der Waals surface area contributed by atoms with Crippen LogP contribution in [0.3, 0.4) is 0 Å². The monoisotopic (exact) mass is 209 g/mol. The molecule has 88 valence electrons. The predicted molar refractivity (Wildman–Crippen MR) is 68.0 cm³/mol. The average Bonchev–Trinajstić information content (AvgIpc) is 2.28. The highest BCUT2D eigenvalue weighted by atomic mass is 14.9. The molecule has 0 saturated heterocycles. The van der Waals surface area contributed by atoms with Gasteiger partial charge in [-0.15, -0.1) is 6.58 Å². The highest BCUT2D eigenvalue weighted by Gasteiger charge is 2.25. The van der Waals surface area contributed by atoms with Crippen LogP contribution >= 0.6 is 0 Å². The van der Waals surface area contributed by atoms with E-state index in [1.54, 1.807) is 0 Å². The SMILES string of the molecule is C=CCC(NC)C1CCC(CCC)CC1. The Morgan fingerprint density at radius 3 is 2.47 bits per heavy atom. The van der Waals surface area contributed by atoms with E-state index in [1.807, 2.05) is 0 Å². The van der Waals surface area contributed by atoms with E-state index in [4.69, 9.17) is 0 Å². The van der Waals surface area contributed by atoms with Gasteiger partial charge in [0.1, 0.15) is 0 Å². The van der Waals surface area contributed by atoms with Gasteiger partial charge in [0.25, 0.3) is 0 Å². The topological polar surface area (TPSA) is 12.0 Å². The van der Waals surface area contributed by atoms with Crippen LogP contribution in [-0.4, -0.2) is 13.1 Å². The first kappa shape index (κ1) is 12.8. The molecule has 0 bridgehead atoms. The maximum Gasteiger partial charge on any atom is 0.0127 e. The Labute approximate surface area is 95.3 Å². The zero-order valence-corrected chi connectivity index (χ0v) is 10.5. The first-order valence-electron chi connectivity index (χ1n) is 6.60. The van der Waals surface area contributed by atoms with Crippen LogP contribution in [0.5, 0.6) is 0 Å². The van der Waals surface area contributed by atoms with Crippen molar-refractivity contribution in [2.45, 2.75) is 57.9 Å². The summed E-state index contributed by atoms with van der Waals surface area (Å²) in [5.41, 5.74) is 0. The van der Waals surface area contributed by atoms with E-state index in [9.17, 15) is 0 Å². The first-order chi connectivity index (χ1) is 7.31. The van der Waals surface area contributed by atoms with Gasteiger partial charge in [0.15, 0.2) is 0 Å². The summed E-state index contributed by atoms with van der Waals surface area (Å²) in [5, 5.41) is 3.45. The minimum absolute atomic E-state index is 0.671. The molecule has 1 unspecified atom stereocenters. The Balaban J connectivity index is 2.31. The number of nitrogens with one attached hydrogen (secondary N) is 1. The zero-order valence-electron chi connectivity index (χ0n) is 10.5. The molecule has 1 saturated carbocycles. The van der Waals surface area contributed by atoms with Gasteiger partial charge in [-0.25, -0.2) is 0 Å². The third-order valence-corrected chi connectivity index (χ3v) is 3.95. The zero-order chi connectivity index (χ0) is 11.1. The van der Waals surface area contributed by atoms with E-state index in [-0.39, 0.29) is 0 Å². The fourth-order valence-electron chi connectivity index (χ4n) is 3.01. The summed E-state index contributed by atoms with van der Waals surface area (Å²) in [5.74, 6) is 1.91. The normalized spacial score (nSPS) is 28.7. The second-order valence-electron chi connectivity index (χ2n) is 4.99. The minimum atomic E-state index is 0.671. The summed E-state index contributed by atoms with van der Waals surface area (Å²) < 4.78 is 0. The summed E-state index contributed by atoms with van der Waals surface area (Å²) in [6.45, 7) is 6.15. The summed E-state index contributed by atoms with van der Waals surface area (Å²) in [6.07, 6.45) is 11.7. The lowest BCUT2D eigenvalue weighted by Gasteiger charge is -2.33. The molecule has 0 radical (unpaired) electrons. The fourth-order valence-corrected chi connectivity index (χ4v) is 3.01. The first-order valence-corrected chi connectivity index (χ1v) is 6.60. The van der Waals surface area contributed by atoms with E-state index in [2.05, 4.69) is 31.9 Å². The van der Waals surface area contributed by atoms with E-state index >= 15 is 0 Å². The Hall–Kier alpha value is -0.300. The van der Waals surface area contributed by atoms with Crippen LogP contribution < -0.4 is 5.32 Å². The third kappa shape index (κ3) is 3.98. The lowest BCUT2D eigenvalue weighted by molar-refractivity contribution is 0.219. The molecule has 0 aliphatic heterocycles. The third-order valence-electron chi connectivity index (χ3n) is 3.95. The van der Waals surface area contributed by atoms with Crippen LogP contribution in [0.25, 0.3) is 0 Å². The molecule has 1 aliphatic rings. The van der Waals surface area contributed by atoms with Crippen molar-refractivity contribution in [3.63, 3.8) is 0 Å².